The lowest BCUT2D eigenvalue weighted by atomic mass is 9.97. The van der Waals surface area contributed by atoms with Crippen LogP contribution in [0.5, 0.6) is 0 Å². The Bertz CT molecular complexity index is 956. The van der Waals surface area contributed by atoms with Crippen LogP contribution in [0.25, 0.3) is 0 Å². The minimum absolute atomic E-state index is 0.214. The van der Waals surface area contributed by atoms with Gasteiger partial charge in [0.2, 0.25) is 21.8 Å². The monoisotopic (exact) mass is 429 g/mol. The van der Waals surface area contributed by atoms with Gasteiger partial charge in [0.05, 0.1) is 4.90 Å². The molecule has 0 unspecified atom stereocenters. The first-order valence-corrected chi connectivity index (χ1v) is 11.5. The van der Waals surface area contributed by atoms with Crippen molar-refractivity contribution >= 4 is 21.8 Å². The van der Waals surface area contributed by atoms with Gasteiger partial charge in [0.25, 0.3) is 0 Å². The maximum absolute atomic E-state index is 12.7. The summed E-state index contributed by atoms with van der Waals surface area (Å²) in [4.78, 5) is 25.1. The van der Waals surface area contributed by atoms with Crippen LogP contribution in [0.3, 0.4) is 0 Å². The van der Waals surface area contributed by atoms with E-state index in [0.717, 1.165) is 5.56 Å². The first-order chi connectivity index (χ1) is 14.4. The summed E-state index contributed by atoms with van der Waals surface area (Å²) < 4.78 is 26.8. The van der Waals surface area contributed by atoms with E-state index < -0.39 is 16.1 Å². The Morgan fingerprint density at radius 1 is 1.00 bits per heavy atom. The summed E-state index contributed by atoms with van der Waals surface area (Å²) in [5, 5.41) is 5.56. The maximum Gasteiger partial charge on any atom is 0.243 e. The third kappa shape index (κ3) is 5.46. The van der Waals surface area contributed by atoms with Crippen LogP contribution in [0.15, 0.2) is 65.6 Å². The summed E-state index contributed by atoms with van der Waals surface area (Å²) in [7, 11) is -3.54. The highest BCUT2D eigenvalue weighted by atomic mass is 32.2. The van der Waals surface area contributed by atoms with Crippen molar-refractivity contribution in [3.8, 4) is 0 Å². The number of carbonyl (C=O) groups is 2. The fourth-order valence-corrected chi connectivity index (χ4v) is 4.93. The van der Waals surface area contributed by atoms with E-state index in [1.54, 1.807) is 37.3 Å². The third-order valence-electron chi connectivity index (χ3n) is 5.27. The first-order valence-electron chi connectivity index (χ1n) is 10.0. The highest BCUT2D eigenvalue weighted by molar-refractivity contribution is 7.89. The number of carbonyl (C=O) groups excluding carboxylic acids is 2. The van der Waals surface area contributed by atoms with Gasteiger partial charge in [0.15, 0.2) is 0 Å². The zero-order valence-corrected chi connectivity index (χ0v) is 17.8. The molecule has 2 aromatic rings. The fraction of sp³-hybridized carbons (Fsp3) is 0.364. The molecule has 7 nitrogen and oxygen atoms in total. The van der Waals surface area contributed by atoms with Crippen LogP contribution in [-0.4, -0.2) is 43.7 Å². The lowest BCUT2D eigenvalue weighted by Gasteiger charge is -2.31. The van der Waals surface area contributed by atoms with Crippen molar-refractivity contribution in [3.63, 3.8) is 0 Å². The predicted molar refractivity (Wildman–Crippen MR) is 114 cm³/mol. The molecule has 1 aliphatic rings. The molecule has 0 saturated carbocycles. The molecule has 0 aromatic heterocycles. The van der Waals surface area contributed by atoms with E-state index in [4.69, 9.17) is 0 Å². The van der Waals surface area contributed by atoms with E-state index in [9.17, 15) is 18.0 Å². The molecule has 2 aromatic carbocycles. The molecule has 1 heterocycles. The van der Waals surface area contributed by atoms with Gasteiger partial charge in [0, 0.05) is 25.6 Å². The summed E-state index contributed by atoms with van der Waals surface area (Å²) in [6.07, 6.45) is 0.854. The number of amides is 2. The van der Waals surface area contributed by atoms with Crippen molar-refractivity contribution in [3.05, 3.63) is 66.2 Å². The molecule has 160 valence electrons. The molecular weight excluding hydrogens is 402 g/mol. The van der Waals surface area contributed by atoms with Crippen LogP contribution in [0.4, 0.5) is 0 Å². The van der Waals surface area contributed by atoms with Crippen molar-refractivity contribution in [2.24, 2.45) is 5.92 Å². The van der Waals surface area contributed by atoms with Gasteiger partial charge in [-0.3, -0.25) is 9.59 Å². The number of hydrogen-bond donors (Lipinski definition) is 2. The summed E-state index contributed by atoms with van der Waals surface area (Å²) >= 11 is 0. The quantitative estimate of drug-likeness (QED) is 0.703. The third-order valence-corrected chi connectivity index (χ3v) is 7.18. The normalized spacial score (nSPS) is 16.6. The van der Waals surface area contributed by atoms with Gasteiger partial charge in [-0.05, 0) is 37.5 Å². The molecule has 2 N–H and O–H groups in total. The molecule has 0 bridgehead atoms. The molecule has 1 fully saturated rings. The van der Waals surface area contributed by atoms with E-state index in [1.165, 1.54) is 4.31 Å². The molecule has 0 aliphatic carbocycles. The molecule has 1 saturated heterocycles. The van der Waals surface area contributed by atoms with Gasteiger partial charge < -0.3 is 10.6 Å². The van der Waals surface area contributed by atoms with Crippen LogP contribution in [0.1, 0.15) is 25.3 Å². The molecule has 2 amide bonds. The Balaban J connectivity index is 1.47. The van der Waals surface area contributed by atoms with Crippen LogP contribution < -0.4 is 10.6 Å². The van der Waals surface area contributed by atoms with E-state index in [1.807, 2.05) is 30.3 Å². The number of benzene rings is 2. The molecule has 0 radical (unpaired) electrons. The maximum atomic E-state index is 12.7. The first kappa shape index (κ1) is 22.0. The number of piperidine rings is 1. The van der Waals surface area contributed by atoms with Crippen molar-refractivity contribution in [2.45, 2.75) is 37.2 Å². The highest BCUT2D eigenvalue weighted by Gasteiger charge is 2.32. The zero-order valence-electron chi connectivity index (χ0n) is 17.0. The number of nitrogens with one attached hydrogen (secondary N) is 2. The van der Waals surface area contributed by atoms with E-state index in [-0.39, 0.29) is 35.7 Å². The SMILES string of the molecule is C[C@H](NC(=O)C1CCN(S(=O)(=O)c2ccccc2)CC1)C(=O)NCc1ccccc1. The number of sulfonamides is 1. The molecule has 8 heteroatoms. The number of hydrogen-bond acceptors (Lipinski definition) is 4. The molecule has 1 atom stereocenters. The highest BCUT2D eigenvalue weighted by Crippen LogP contribution is 2.24. The van der Waals surface area contributed by atoms with Crippen molar-refractivity contribution in [2.75, 3.05) is 13.1 Å². The van der Waals surface area contributed by atoms with Crippen LogP contribution in [0.2, 0.25) is 0 Å². The van der Waals surface area contributed by atoms with Crippen LogP contribution >= 0.6 is 0 Å². The topological polar surface area (TPSA) is 95.6 Å². The van der Waals surface area contributed by atoms with Crippen LogP contribution in [-0.2, 0) is 26.2 Å². The fourth-order valence-electron chi connectivity index (χ4n) is 3.43. The number of rotatable bonds is 7. The van der Waals surface area contributed by atoms with Crippen molar-refractivity contribution in [1.29, 1.82) is 0 Å². The molecular formula is C22H27N3O4S. The van der Waals surface area contributed by atoms with Gasteiger partial charge in [-0.2, -0.15) is 4.31 Å². The predicted octanol–water partition coefficient (Wildman–Crippen LogP) is 1.91. The Kier molecular flexibility index (Phi) is 7.23. The van der Waals surface area contributed by atoms with E-state index >= 15 is 0 Å². The molecule has 0 spiro atoms. The van der Waals surface area contributed by atoms with E-state index in [2.05, 4.69) is 10.6 Å². The average Bonchev–Trinajstić information content (AvgIpc) is 2.78. The van der Waals surface area contributed by atoms with Crippen molar-refractivity contribution in [1.82, 2.24) is 14.9 Å². The lowest BCUT2D eigenvalue weighted by molar-refractivity contribution is -0.131. The average molecular weight is 430 g/mol. The van der Waals surface area contributed by atoms with Crippen molar-refractivity contribution < 1.29 is 18.0 Å². The van der Waals surface area contributed by atoms with Gasteiger partial charge in [-0.15, -0.1) is 0 Å². The van der Waals surface area contributed by atoms with Gasteiger partial charge in [-0.25, -0.2) is 8.42 Å². The second-order valence-electron chi connectivity index (χ2n) is 7.43. The minimum Gasteiger partial charge on any atom is -0.350 e. The summed E-state index contributed by atoms with van der Waals surface area (Å²) in [6.45, 7) is 2.61. The molecule has 30 heavy (non-hydrogen) atoms. The van der Waals surface area contributed by atoms with Gasteiger partial charge in [0.1, 0.15) is 6.04 Å². The summed E-state index contributed by atoms with van der Waals surface area (Å²) in [5.41, 5.74) is 0.983. The Labute approximate surface area is 177 Å². The van der Waals surface area contributed by atoms with Gasteiger partial charge >= 0.3 is 0 Å². The smallest absolute Gasteiger partial charge is 0.243 e. The van der Waals surface area contributed by atoms with E-state index in [0.29, 0.717) is 19.4 Å². The second kappa shape index (κ2) is 9.86. The second-order valence-corrected chi connectivity index (χ2v) is 9.36. The Hall–Kier alpha value is -2.71. The zero-order chi connectivity index (χ0) is 21.6. The Morgan fingerprint density at radius 2 is 1.57 bits per heavy atom. The molecule has 1 aliphatic heterocycles. The van der Waals surface area contributed by atoms with Gasteiger partial charge in [-0.1, -0.05) is 48.5 Å². The largest absolute Gasteiger partial charge is 0.350 e. The number of nitrogens with zero attached hydrogens (tertiary/aromatic N) is 1. The lowest BCUT2D eigenvalue weighted by Crippen LogP contribution is -2.49. The standard InChI is InChI=1S/C22H27N3O4S/c1-17(21(26)23-16-18-8-4-2-5-9-18)24-22(27)19-12-14-25(15-13-19)30(28,29)20-10-6-3-7-11-20/h2-11,17,19H,12-16H2,1H3,(H,23,26)(H,24,27)/t17-/m0/s1. The van der Waals surface area contributed by atoms with Crippen LogP contribution in [0, 0.1) is 5.92 Å². The minimum atomic E-state index is -3.54. The summed E-state index contributed by atoms with van der Waals surface area (Å²) in [5.74, 6) is -0.776. The Morgan fingerprint density at radius 3 is 2.17 bits per heavy atom. The summed E-state index contributed by atoms with van der Waals surface area (Å²) in [6, 6.07) is 17.2. The molecule has 3 rings (SSSR count).